The molecule has 4 saturated carbocycles. The molecule has 10 fully saturated rings. The second kappa shape index (κ2) is 21.1. The van der Waals surface area contributed by atoms with Crippen LogP contribution in [0.2, 0.25) is 0 Å². The first-order valence-electron chi connectivity index (χ1n) is 26.7. The van der Waals surface area contributed by atoms with E-state index in [0.29, 0.717) is 43.5 Å². The van der Waals surface area contributed by atoms with Crippen LogP contribution in [0.4, 0.5) is 0 Å². The second-order valence-electron chi connectivity index (χ2n) is 23.7. The van der Waals surface area contributed by atoms with Gasteiger partial charge in [-0.15, -0.1) is 0 Å². The molecule has 6 aliphatic heterocycles. The van der Waals surface area contributed by atoms with Crippen molar-refractivity contribution in [2.45, 2.75) is 220 Å². The lowest BCUT2D eigenvalue weighted by Gasteiger charge is -2.60. The summed E-state index contributed by atoms with van der Waals surface area (Å²) >= 11 is 0. The SMILES string of the molecule is C[C@@H]1CCC2(OC1)OC1C[C@H]3[C@@H]4CC[C@H]5C[C@@H](O[C@@H]6O[C@H](CO)[C@H](O[C@@H]7O[C@H](CO)[C@@H](O)[C@H](O)[C@H]7O[C@@H]7O[C@H](CO)[C@@H](O)[C@H](O[C@@H]8OC[C@@H](O)[C@H](O)[C@@H]8O)[C@H]7O)[C@H](O)[C@H]6O)CC[C@]5(C)[C@H]4CC(=O)[C@]3(C)C1[C@@H]2C. The van der Waals surface area contributed by atoms with E-state index in [1.807, 2.05) is 0 Å². The van der Waals surface area contributed by atoms with Gasteiger partial charge in [0.1, 0.15) is 97.3 Å². The fourth-order valence-electron chi connectivity index (χ4n) is 15.6. The van der Waals surface area contributed by atoms with Crippen LogP contribution in [0.5, 0.6) is 0 Å². The molecule has 73 heavy (non-hydrogen) atoms. The smallest absolute Gasteiger partial charge is 0.187 e. The van der Waals surface area contributed by atoms with Crippen molar-refractivity contribution in [1.82, 2.24) is 0 Å². The molecule has 0 aromatic heterocycles. The summed E-state index contributed by atoms with van der Waals surface area (Å²) in [6.45, 7) is 6.67. The number of hydrogen-bond donors (Lipinski definition) is 12. The molecular weight excluding hydrogens is 969 g/mol. The Morgan fingerprint density at radius 3 is 1.92 bits per heavy atom. The van der Waals surface area contributed by atoms with Crippen molar-refractivity contribution in [3.8, 4) is 0 Å². The molecule has 0 aromatic rings. The van der Waals surface area contributed by atoms with Crippen LogP contribution in [0.25, 0.3) is 0 Å². The van der Waals surface area contributed by atoms with Crippen LogP contribution in [-0.4, -0.2) is 235 Å². The lowest BCUT2D eigenvalue weighted by Crippen LogP contribution is -2.67. The number of hydrogen-bond acceptors (Lipinski definition) is 23. The van der Waals surface area contributed by atoms with E-state index in [1.165, 1.54) is 0 Å². The fourth-order valence-corrected chi connectivity index (χ4v) is 15.6. The van der Waals surface area contributed by atoms with E-state index in [1.54, 1.807) is 0 Å². The maximum Gasteiger partial charge on any atom is 0.187 e. The van der Waals surface area contributed by atoms with E-state index in [-0.39, 0.29) is 41.1 Å². The van der Waals surface area contributed by atoms with E-state index in [4.69, 9.17) is 47.4 Å². The first-order valence-corrected chi connectivity index (χ1v) is 26.7. The minimum Gasteiger partial charge on any atom is -0.394 e. The van der Waals surface area contributed by atoms with Gasteiger partial charge in [-0.3, -0.25) is 4.79 Å². The molecule has 12 N–H and O–H groups in total. The number of ketones is 1. The van der Waals surface area contributed by atoms with Gasteiger partial charge in [0, 0.05) is 30.1 Å². The average molecular weight is 1050 g/mol. The van der Waals surface area contributed by atoms with Gasteiger partial charge in [0.25, 0.3) is 0 Å². The number of aliphatic hydroxyl groups excluding tert-OH is 12. The van der Waals surface area contributed by atoms with Crippen molar-refractivity contribution in [1.29, 1.82) is 0 Å². The van der Waals surface area contributed by atoms with Crippen LogP contribution in [0.15, 0.2) is 0 Å². The third-order valence-electron chi connectivity index (χ3n) is 19.9. The summed E-state index contributed by atoms with van der Waals surface area (Å²) < 4.78 is 60.3. The van der Waals surface area contributed by atoms with Gasteiger partial charge in [0.15, 0.2) is 30.9 Å². The molecule has 0 amide bonds. The number of carbonyl (C=O) groups excluding carboxylic acids is 1. The molecule has 1 spiro atoms. The summed E-state index contributed by atoms with van der Waals surface area (Å²) in [5, 5.41) is 129. The molecule has 23 nitrogen and oxygen atoms in total. The largest absolute Gasteiger partial charge is 0.394 e. The number of aliphatic hydroxyl groups is 12. The minimum atomic E-state index is -2.01. The Balaban J connectivity index is 0.787. The Labute approximate surface area is 423 Å². The van der Waals surface area contributed by atoms with Crippen molar-refractivity contribution in [3.05, 3.63) is 0 Å². The predicted octanol–water partition coefficient (Wildman–Crippen LogP) is -3.09. The zero-order valence-electron chi connectivity index (χ0n) is 41.9. The van der Waals surface area contributed by atoms with Crippen molar-refractivity contribution in [2.75, 3.05) is 33.0 Å². The Morgan fingerprint density at radius 1 is 0.589 bits per heavy atom. The van der Waals surface area contributed by atoms with E-state index >= 15 is 0 Å². The summed E-state index contributed by atoms with van der Waals surface area (Å²) in [5.74, 6) is 1.46. The van der Waals surface area contributed by atoms with Crippen molar-refractivity contribution >= 4 is 5.78 Å². The highest BCUT2D eigenvalue weighted by molar-refractivity contribution is 5.87. The predicted molar refractivity (Wildman–Crippen MR) is 243 cm³/mol. The molecule has 0 radical (unpaired) electrons. The molecule has 10 rings (SSSR count). The summed E-state index contributed by atoms with van der Waals surface area (Å²) in [7, 11) is 0. The maximum absolute atomic E-state index is 14.7. The number of fused-ring (bicyclic) bond motifs is 7. The zero-order chi connectivity index (χ0) is 52.2. The maximum atomic E-state index is 14.7. The molecule has 6 heterocycles. The van der Waals surface area contributed by atoms with E-state index in [9.17, 15) is 66.1 Å². The van der Waals surface area contributed by atoms with Gasteiger partial charge in [0.05, 0.1) is 45.2 Å². The van der Waals surface area contributed by atoms with Gasteiger partial charge in [-0.25, -0.2) is 0 Å². The van der Waals surface area contributed by atoms with Gasteiger partial charge in [-0.05, 0) is 80.0 Å². The monoisotopic (exact) mass is 1050 g/mol. The topological polar surface area (TPSA) is 352 Å². The lowest BCUT2D eigenvalue weighted by molar-refractivity contribution is -0.396. The van der Waals surface area contributed by atoms with Crippen molar-refractivity contribution in [3.63, 3.8) is 0 Å². The Kier molecular flexibility index (Phi) is 15.9. The fraction of sp³-hybridized carbons (Fsp3) is 0.980. The van der Waals surface area contributed by atoms with Crippen LogP contribution in [0, 0.1) is 52.3 Å². The molecule has 0 aromatic carbocycles. The Hall–Kier alpha value is -1.21. The first kappa shape index (κ1) is 55.1. The summed E-state index contributed by atoms with van der Waals surface area (Å²) in [6.07, 6.45) is -26.1. The third kappa shape index (κ3) is 9.30. The summed E-state index contributed by atoms with van der Waals surface area (Å²) in [6, 6.07) is 0. The molecule has 10 aliphatic rings. The molecule has 418 valence electrons. The Morgan fingerprint density at radius 2 is 1.22 bits per heavy atom. The average Bonchev–Trinajstić information content (AvgIpc) is 3.83. The van der Waals surface area contributed by atoms with Crippen LogP contribution >= 0.6 is 0 Å². The second-order valence-corrected chi connectivity index (χ2v) is 23.7. The molecule has 0 bridgehead atoms. The molecule has 31 atom stereocenters. The van der Waals surface area contributed by atoms with Gasteiger partial charge >= 0.3 is 0 Å². The van der Waals surface area contributed by atoms with E-state index < -0.39 is 160 Å². The molecule has 4 aliphatic carbocycles. The van der Waals surface area contributed by atoms with E-state index in [0.717, 1.165) is 38.5 Å². The Bertz CT molecular complexity index is 1910. The standard InChI is InChI=1S/C50H80O23/c1-19-7-10-50(65-17-19)20(2)32-27(73-50)12-25-23-6-5-21-11-22(8-9-48(21,3)24(23)13-31(55)49(25,32)4)66-45-39(62)37(60)41(30(16-53)69-45)70-47-43(36(59)34(57)28(14-51)68-47)72-46-40(63)42(35(58)29(15-52)67-46)71-44-38(61)33(56)26(54)18-64-44/h19-30,32-47,51-54,56-63H,5-18H2,1-4H3/t19-,20+,21+,22+,23-,24+,25+,26-,27?,28-,29-,30-,32?,33+,34-,35-,36+,37-,38+,39-,40-,41+,42+,43-,44+,45-,46+,47+,48+,49-,50?/m1/s1. The summed E-state index contributed by atoms with van der Waals surface area (Å²) in [5.41, 5.74) is -0.611. The number of Topliss-reactive ketones (excluding diaryl/α,β-unsaturated/α-hetero) is 1. The first-order chi connectivity index (χ1) is 34.7. The third-order valence-corrected chi connectivity index (χ3v) is 19.9. The van der Waals surface area contributed by atoms with Gasteiger partial charge in [-0.1, -0.05) is 27.7 Å². The van der Waals surface area contributed by atoms with Crippen molar-refractivity contribution < 1.29 is 113 Å². The number of rotatable bonds is 11. The van der Waals surface area contributed by atoms with Crippen LogP contribution in [-0.2, 0) is 52.2 Å². The molecule has 23 heteroatoms. The highest BCUT2D eigenvalue weighted by Crippen LogP contribution is 2.70. The van der Waals surface area contributed by atoms with Crippen LogP contribution < -0.4 is 0 Å². The highest BCUT2D eigenvalue weighted by atomic mass is 16.8. The zero-order valence-corrected chi connectivity index (χ0v) is 41.9. The number of ether oxygens (including phenoxy) is 10. The molecular formula is C50H80O23. The highest BCUT2D eigenvalue weighted by Gasteiger charge is 2.72. The minimum absolute atomic E-state index is 0.00648. The molecule has 3 unspecified atom stereocenters. The summed E-state index contributed by atoms with van der Waals surface area (Å²) in [4.78, 5) is 14.7. The van der Waals surface area contributed by atoms with Gasteiger partial charge < -0.3 is 109 Å². The normalized spacial score (nSPS) is 57.2. The lowest BCUT2D eigenvalue weighted by atomic mass is 9.44. The quantitative estimate of drug-likeness (QED) is 0.0913. The number of carbonyl (C=O) groups is 1. The van der Waals surface area contributed by atoms with Gasteiger partial charge in [-0.2, -0.15) is 0 Å². The van der Waals surface area contributed by atoms with Crippen LogP contribution in [0.3, 0.4) is 0 Å². The van der Waals surface area contributed by atoms with Crippen LogP contribution in [0.1, 0.15) is 85.5 Å². The van der Waals surface area contributed by atoms with Crippen molar-refractivity contribution in [2.24, 2.45) is 52.3 Å². The van der Waals surface area contributed by atoms with Gasteiger partial charge in [0.2, 0.25) is 0 Å². The van der Waals surface area contributed by atoms with E-state index in [2.05, 4.69) is 27.7 Å². The molecule has 6 saturated heterocycles.